The van der Waals surface area contributed by atoms with Crippen molar-refractivity contribution in [3.8, 4) is 11.5 Å². The van der Waals surface area contributed by atoms with Gasteiger partial charge >= 0.3 is 0 Å². The number of sulfone groups is 1. The van der Waals surface area contributed by atoms with E-state index < -0.39 is 26.4 Å². The van der Waals surface area contributed by atoms with E-state index in [0.29, 0.717) is 16.5 Å². The van der Waals surface area contributed by atoms with Crippen molar-refractivity contribution in [3.05, 3.63) is 53.1 Å². The summed E-state index contributed by atoms with van der Waals surface area (Å²) in [5.41, 5.74) is 5.82. The maximum atomic E-state index is 13.4. The zero-order valence-corrected chi connectivity index (χ0v) is 17.3. The van der Waals surface area contributed by atoms with Crippen molar-refractivity contribution < 1.29 is 22.6 Å². The number of rotatable bonds is 6. The molecular formula is C19H18ClNO5S2. The standard InChI is InChI=1S/C19H18ClNO5S2/c1-24-9-19(18(21)27)16(11-2-7-14-15(8-11)26-10-25-14)17(19)28(22,23)13-5-3-12(20)4-6-13/h2-8,16-17H,9-10H2,1H3,(H2,21,27)/t16-,17-,19+/m1/s1. The Bertz CT molecular complexity index is 1040. The van der Waals surface area contributed by atoms with Gasteiger partial charge in [-0.15, -0.1) is 0 Å². The molecule has 2 N–H and O–H groups in total. The second-order valence-electron chi connectivity index (χ2n) is 6.85. The lowest BCUT2D eigenvalue weighted by Gasteiger charge is -2.16. The average molecular weight is 440 g/mol. The summed E-state index contributed by atoms with van der Waals surface area (Å²) in [5, 5.41) is -0.390. The number of fused-ring (bicyclic) bond motifs is 1. The van der Waals surface area contributed by atoms with Crippen molar-refractivity contribution in [2.24, 2.45) is 11.1 Å². The van der Waals surface area contributed by atoms with E-state index in [1.165, 1.54) is 19.2 Å². The van der Waals surface area contributed by atoms with Gasteiger partial charge in [-0.05, 0) is 42.0 Å². The molecule has 0 saturated heterocycles. The van der Waals surface area contributed by atoms with Crippen LogP contribution in [0, 0.1) is 5.41 Å². The van der Waals surface area contributed by atoms with Crippen LogP contribution in [0.2, 0.25) is 5.02 Å². The number of benzene rings is 2. The van der Waals surface area contributed by atoms with Crippen LogP contribution in [0.4, 0.5) is 0 Å². The molecule has 0 bridgehead atoms. The van der Waals surface area contributed by atoms with Gasteiger partial charge < -0.3 is 19.9 Å². The molecule has 4 rings (SSSR count). The van der Waals surface area contributed by atoms with Crippen LogP contribution in [0.15, 0.2) is 47.4 Å². The molecular weight excluding hydrogens is 422 g/mol. The molecule has 28 heavy (non-hydrogen) atoms. The van der Waals surface area contributed by atoms with Crippen LogP contribution in [0.1, 0.15) is 11.5 Å². The number of methoxy groups -OCH3 is 1. The molecule has 1 aliphatic carbocycles. The molecule has 0 unspecified atom stereocenters. The molecule has 2 aromatic carbocycles. The number of thiocarbonyl (C=S) groups is 1. The molecule has 0 aromatic heterocycles. The van der Waals surface area contributed by atoms with E-state index in [2.05, 4.69) is 0 Å². The minimum Gasteiger partial charge on any atom is -0.454 e. The van der Waals surface area contributed by atoms with E-state index in [9.17, 15) is 8.42 Å². The van der Waals surface area contributed by atoms with Gasteiger partial charge in [-0.3, -0.25) is 0 Å². The molecule has 0 amide bonds. The van der Waals surface area contributed by atoms with Gasteiger partial charge in [0, 0.05) is 18.1 Å². The van der Waals surface area contributed by atoms with Gasteiger partial charge in [-0.1, -0.05) is 29.9 Å². The second-order valence-corrected chi connectivity index (χ2v) is 9.79. The summed E-state index contributed by atoms with van der Waals surface area (Å²) < 4.78 is 43.0. The van der Waals surface area contributed by atoms with Gasteiger partial charge in [0.05, 0.1) is 27.2 Å². The zero-order chi connectivity index (χ0) is 20.1. The highest BCUT2D eigenvalue weighted by Crippen LogP contribution is 2.65. The molecule has 9 heteroatoms. The Labute approximate surface area is 173 Å². The fourth-order valence-corrected chi connectivity index (χ4v) is 6.88. The van der Waals surface area contributed by atoms with Crippen LogP contribution < -0.4 is 15.2 Å². The smallest absolute Gasteiger partial charge is 0.231 e. The van der Waals surface area contributed by atoms with Crippen LogP contribution in [0.5, 0.6) is 11.5 Å². The fourth-order valence-electron chi connectivity index (χ4n) is 3.99. The average Bonchev–Trinajstić information content (AvgIpc) is 3.13. The predicted molar refractivity (Wildman–Crippen MR) is 109 cm³/mol. The quantitative estimate of drug-likeness (QED) is 0.692. The third kappa shape index (κ3) is 2.86. The Balaban J connectivity index is 1.81. The number of hydrogen-bond donors (Lipinski definition) is 1. The molecule has 1 saturated carbocycles. The molecule has 6 nitrogen and oxygen atoms in total. The lowest BCUT2D eigenvalue weighted by Crippen LogP contribution is -2.33. The van der Waals surface area contributed by atoms with Crippen LogP contribution in [0.3, 0.4) is 0 Å². The number of nitrogens with two attached hydrogens (primary N) is 1. The molecule has 3 atom stereocenters. The van der Waals surface area contributed by atoms with E-state index in [0.717, 1.165) is 5.56 Å². The first-order valence-corrected chi connectivity index (χ1v) is 10.8. The summed E-state index contributed by atoms with van der Waals surface area (Å²) in [4.78, 5) is 0.279. The Kier molecular flexibility index (Phi) is 4.78. The normalized spacial score (nSPS) is 25.5. The highest BCUT2D eigenvalue weighted by atomic mass is 35.5. The minimum absolute atomic E-state index is 0.0962. The van der Waals surface area contributed by atoms with Crippen molar-refractivity contribution >= 4 is 38.6 Å². The molecule has 1 aliphatic heterocycles. The van der Waals surface area contributed by atoms with Gasteiger partial charge in [-0.25, -0.2) is 8.42 Å². The van der Waals surface area contributed by atoms with Gasteiger partial charge in [0.25, 0.3) is 0 Å². The molecule has 2 aromatic rings. The largest absolute Gasteiger partial charge is 0.454 e. The van der Waals surface area contributed by atoms with Gasteiger partial charge in [0.15, 0.2) is 21.3 Å². The molecule has 0 spiro atoms. The Morgan fingerprint density at radius 3 is 2.57 bits per heavy atom. The van der Waals surface area contributed by atoms with Crippen LogP contribution in [0.25, 0.3) is 0 Å². The maximum absolute atomic E-state index is 13.4. The summed E-state index contributed by atoms with van der Waals surface area (Å²) >= 11 is 11.2. The first-order valence-electron chi connectivity index (χ1n) is 8.50. The van der Waals surface area contributed by atoms with Crippen molar-refractivity contribution in [2.75, 3.05) is 20.5 Å². The highest BCUT2D eigenvalue weighted by molar-refractivity contribution is 7.92. The van der Waals surface area contributed by atoms with E-state index in [-0.39, 0.29) is 23.3 Å². The third-order valence-electron chi connectivity index (χ3n) is 5.33. The van der Waals surface area contributed by atoms with E-state index in [4.69, 9.17) is 43.8 Å². The Morgan fingerprint density at radius 1 is 1.25 bits per heavy atom. The van der Waals surface area contributed by atoms with E-state index in [1.54, 1.807) is 24.3 Å². The van der Waals surface area contributed by atoms with Crippen molar-refractivity contribution in [1.82, 2.24) is 0 Å². The summed E-state index contributed by atoms with van der Waals surface area (Å²) in [6.07, 6.45) is 0. The zero-order valence-electron chi connectivity index (χ0n) is 14.9. The predicted octanol–water partition coefficient (Wildman–Crippen LogP) is 2.93. The van der Waals surface area contributed by atoms with Crippen molar-refractivity contribution in [2.45, 2.75) is 16.1 Å². The molecule has 148 valence electrons. The fraction of sp³-hybridized carbons (Fsp3) is 0.316. The molecule has 2 aliphatic rings. The summed E-state index contributed by atoms with van der Waals surface area (Å²) in [6.45, 7) is 0.230. The van der Waals surface area contributed by atoms with E-state index in [1.807, 2.05) is 6.07 Å². The highest BCUT2D eigenvalue weighted by Gasteiger charge is 2.73. The first-order chi connectivity index (χ1) is 13.3. The van der Waals surface area contributed by atoms with Crippen LogP contribution >= 0.6 is 23.8 Å². The van der Waals surface area contributed by atoms with Gasteiger partial charge in [-0.2, -0.15) is 0 Å². The third-order valence-corrected chi connectivity index (χ3v) is 8.25. The topological polar surface area (TPSA) is 87.8 Å². The first kappa shape index (κ1) is 19.4. The SMILES string of the molecule is COC[C@]1(C(N)=S)[C@H](c2ccc3c(c2)OCO3)[C@H]1S(=O)(=O)c1ccc(Cl)cc1. The van der Waals surface area contributed by atoms with Crippen molar-refractivity contribution in [3.63, 3.8) is 0 Å². The molecule has 0 radical (unpaired) electrons. The molecule has 1 fully saturated rings. The number of hydrogen-bond acceptors (Lipinski definition) is 6. The number of ether oxygens (including phenoxy) is 3. The maximum Gasteiger partial charge on any atom is 0.231 e. The molecule has 1 heterocycles. The Morgan fingerprint density at radius 2 is 1.93 bits per heavy atom. The lowest BCUT2D eigenvalue weighted by atomic mass is 9.99. The van der Waals surface area contributed by atoms with Gasteiger partial charge in [0.1, 0.15) is 0 Å². The number of halogens is 1. The summed E-state index contributed by atoms with van der Waals surface area (Å²) in [5.74, 6) is 0.732. The van der Waals surface area contributed by atoms with Crippen LogP contribution in [-0.4, -0.2) is 39.2 Å². The second kappa shape index (κ2) is 6.88. The summed E-state index contributed by atoms with van der Waals surface area (Å²) in [6, 6.07) is 11.4. The Hall–Kier alpha value is -1.87. The van der Waals surface area contributed by atoms with Crippen LogP contribution in [-0.2, 0) is 14.6 Å². The van der Waals surface area contributed by atoms with E-state index >= 15 is 0 Å². The monoisotopic (exact) mass is 439 g/mol. The lowest BCUT2D eigenvalue weighted by molar-refractivity contribution is 0.166. The van der Waals surface area contributed by atoms with Crippen molar-refractivity contribution in [1.29, 1.82) is 0 Å². The van der Waals surface area contributed by atoms with Gasteiger partial charge in [0.2, 0.25) is 6.79 Å². The summed E-state index contributed by atoms with van der Waals surface area (Å²) in [7, 11) is -2.25. The minimum atomic E-state index is -3.75.